The predicted octanol–water partition coefficient (Wildman–Crippen LogP) is 3.65. The van der Waals surface area contributed by atoms with Crippen molar-refractivity contribution in [2.24, 2.45) is 0 Å². The highest BCUT2D eigenvalue weighted by Crippen LogP contribution is 2.31. The summed E-state index contributed by atoms with van der Waals surface area (Å²) in [5.41, 5.74) is 0.390. The molecule has 0 bridgehead atoms. The fourth-order valence-electron chi connectivity index (χ4n) is 1.71. The Morgan fingerprint density at radius 2 is 1.82 bits per heavy atom. The minimum atomic E-state index is -4.32. The lowest BCUT2D eigenvalue weighted by Crippen LogP contribution is -2.14. The van der Waals surface area contributed by atoms with Crippen molar-refractivity contribution in [3.05, 3.63) is 35.8 Å². The lowest BCUT2D eigenvalue weighted by atomic mass is 9.93. The molecule has 0 radical (unpaired) electrons. The quantitative estimate of drug-likeness (QED) is 0.689. The number of halogens is 3. The lowest BCUT2D eigenvalue weighted by molar-refractivity contribution is -0.137. The summed E-state index contributed by atoms with van der Waals surface area (Å²) < 4.78 is 39.2. The number of pyridine rings is 1. The van der Waals surface area contributed by atoms with Gasteiger partial charge in [-0.15, -0.1) is 0 Å². The number of nitrogens with zero attached hydrogens (tertiary/aromatic N) is 2. The molecule has 2 aromatic rings. The van der Waals surface area contributed by atoms with Gasteiger partial charge in [0.1, 0.15) is 5.65 Å². The summed E-state index contributed by atoms with van der Waals surface area (Å²) in [5.74, 6) is 0. The third-order valence-electron chi connectivity index (χ3n) is 2.61. The van der Waals surface area contributed by atoms with E-state index in [1.54, 1.807) is 10.6 Å². The van der Waals surface area contributed by atoms with Gasteiger partial charge in [-0.2, -0.15) is 13.2 Å². The van der Waals surface area contributed by atoms with E-state index in [9.17, 15) is 13.2 Å². The molecule has 0 N–H and O–H groups in total. The van der Waals surface area contributed by atoms with E-state index in [-0.39, 0.29) is 5.41 Å². The maximum atomic E-state index is 12.5. The molecular weight excluding hydrogens is 229 g/mol. The number of imidazole rings is 1. The Morgan fingerprint density at radius 3 is 2.35 bits per heavy atom. The molecule has 0 spiro atoms. The molecule has 2 rings (SSSR count). The number of hydrogen-bond acceptors (Lipinski definition) is 1. The van der Waals surface area contributed by atoms with Gasteiger partial charge in [0, 0.05) is 23.5 Å². The van der Waals surface area contributed by atoms with Crippen LogP contribution in [0.3, 0.4) is 0 Å². The second-order valence-corrected chi connectivity index (χ2v) is 5.03. The standard InChI is InChI=1S/C12H13F3N2/c1-11(2,3)9-7-16-10-6-8(12(13,14)15)4-5-17(9)10/h4-7H,1-3H3. The van der Waals surface area contributed by atoms with E-state index in [4.69, 9.17) is 0 Å². The first-order valence-electron chi connectivity index (χ1n) is 5.24. The second kappa shape index (κ2) is 3.48. The van der Waals surface area contributed by atoms with Crippen LogP contribution >= 0.6 is 0 Å². The van der Waals surface area contributed by atoms with Crippen molar-refractivity contribution >= 4 is 5.65 Å². The van der Waals surface area contributed by atoms with Gasteiger partial charge in [0.15, 0.2) is 0 Å². The summed E-state index contributed by atoms with van der Waals surface area (Å²) in [6, 6.07) is 2.14. The van der Waals surface area contributed by atoms with E-state index in [0.29, 0.717) is 5.65 Å². The van der Waals surface area contributed by atoms with Gasteiger partial charge >= 0.3 is 6.18 Å². The van der Waals surface area contributed by atoms with Gasteiger partial charge in [0.05, 0.1) is 5.56 Å². The summed E-state index contributed by atoms with van der Waals surface area (Å²) in [4.78, 5) is 4.02. The smallest absolute Gasteiger partial charge is 0.304 e. The van der Waals surface area contributed by atoms with Crippen molar-refractivity contribution in [2.75, 3.05) is 0 Å². The van der Waals surface area contributed by atoms with Gasteiger partial charge in [-0.3, -0.25) is 0 Å². The normalized spacial score (nSPS) is 13.3. The molecule has 0 aliphatic heterocycles. The zero-order chi connectivity index (χ0) is 12.8. The molecule has 0 unspecified atom stereocenters. The van der Waals surface area contributed by atoms with Crippen molar-refractivity contribution in [2.45, 2.75) is 32.4 Å². The highest BCUT2D eigenvalue weighted by atomic mass is 19.4. The van der Waals surface area contributed by atoms with Gasteiger partial charge in [-0.05, 0) is 12.1 Å². The van der Waals surface area contributed by atoms with Crippen LogP contribution in [0.1, 0.15) is 32.0 Å². The second-order valence-electron chi connectivity index (χ2n) is 5.03. The van der Waals surface area contributed by atoms with Crippen molar-refractivity contribution in [3.8, 4) is 0 Å². The predicted molar refractivity (Wildman–Crippen MR) is 58.9 cm³/mol. The summed E-state index contributed by atoms with van der Waals surface area (Å²) in [6.45, 7) is 5.98. The van der Waals surface area contributed by atoms with Crippen LogP contribution in [0.2, 0.25) is 0 Å². The van der Waals surface area contributed by atoms with E-state index < -0.39 is 11.7 Å². The average Bonchev–Trinajstić information content (AvgIpc) is 2.57. The Morgan fingerprint density at radius 1 is 1.18 bits per heavy atom. The van der Waals surface area contributed by atoms with E-state index >= 15 is 0 Å². The lowest BCUT2D eigenvalue weighted by Gasteiger charge is -2.17. The summed E-state index contributed by atoms with van der Waals surface area (Å²) in [5, 5.41) is 0. The molecule has 0 aliphatic carbocycles. The van der Waals surface area contributed by atoms with Gasteiger partial charge in [-0.1, -0.05) is 20.8 Å². The summed E-state index contributed by atoms with van der Waals surface area (Å²) in [7, 11) is 0. The molecule has 5 heteroatoms. The largest absolute Gasteiger partial charge is 0.416 e. The Labute approximate surface area is 97.1 Å². The minimum absolute atomic E-state index is 0.154. The van der Waals surface area contributed by atoms with Crippen molar-refractivity contribution in [1.29, 1.82) is 0 Å². The van der Waals surface area contributed by atoms with Crippen LogP contribution in [0.25, 0.3) is 5.65 Å². The molecule has 0 fully saturated rings. The highest BCUT2D eigenvalue weighted by molar-refractivity contribution is 5.45. The molecule has 0 saturated heterocycles. The Balaban J connectivity index is 2.61. The molecular formula is C12H13F3N2. The zero-order valence-corrected chi connectivity index (χ0v) is 9.84. The van der Waals surface area contributed by atoms with Crippen LogP contribution in [-0.4, -0.2) is 9.38 Å². The Bertz CT molecular complexity index is 547. The summed E-state index contributed by atoms with van der Waals surface area (Å²) >= 11 is 0. The van der Waals surface area contributed by atoms with Gasteiger partial charge in [0.2, 0.25) is 0 Å². The van der Waals surface area contributed by atoms with E-state index in [1.807, 2.05) is 20.8 Å². The van der Waals surface area contributed by atoms with Crippen LogP contribution in [0.5, 0.6) is 0 Å². The minimum Gasteiger partial charge on any atom is -0.304 e. The van der Waals surface area contributed by atoms with Crippen molar-refractivity contribution < 1.29 is 13.2 Å². The Kier molecular flexibility index (Phi) is 2.45. The maximum Gasteiger partial charge on any atom is 0.416 e. The van der Waals surface area contributed by atoms with E-state index in [2.05, 4.69) is 4.98 Å². The molecule has 0 aromatic carbocycles. The van der Waals surface area contributed by atoms with E-state index in [1.165, 1.54) is 6.20 Å². The third-order valence-corrected chi connectivity index (χ3v) is 2.61. The molecule has 0 amide bonds. The number of aromatic nitrogens is 2. The molecule has 0 aliphatic rings. The van der Waals surface area contributed by atoms with Gasteiger partial charge < -0.3 is 4.40 Å². The fraction of sp³-hybridized carbons (Fsp3) is 0.417. The van der Waals surface area contributed by atoms with Crippen LogP contribution in [0.4, 0.5) is 13.2 Å². The van der Waals surface area contributed by atoms with Crippen LogP contribution in [-0.2, 0) is 11.6 Å². The SMILES string of the molecule is CC(C)(C)c1cnc2cc(C(F)(F)F)ccn12. The number of hydrogen-bond donors (Lipinski definition) is 0. The molecule has 2 heterocycles. The highest BCUT2D eigenvalue weighted by Gasteiger charge is 2.31. The molecule has 0 atom stereocenters. The van der Waals surface area contributed by atoms with Gasteiger partial charge in [0.25, 0.3) is 0 Å². The number of fused-ring (bicyclic) bond motifs is 1. The molecule has 2 aromatic heterocycles. The molecule has 0 saturated carbocycles. The first-order valence-corrected chi connectivity index (χ1v) is 5.24. The number of rotatable bonds is 0. The topological polar surface area (TPSA) is 17.3 Å². The average molecular weight is 242 g/mol. The van der Waals surface area contributed by atoms with E-state index in [0.717, 1.165) is 17.8 Å². The van der Waals surface area contributed by atoms with Crippen LogP contribution in [0.15, 0.2) is 24.5 Å². The molecule has 2 nitrogen and oxygen atoms in total. The zero-order valence-electron chi connectivity index (χ0n) is 9.84. The molecule has 17 heavy (non-hydrogen) atoms. The first-order chi connectivity index (χ1) is 7.69. The summed E-state index contributed by atoms with van der Waals surface area (Å²) in [6.07, 6.45) is -1.28. The van der Waals surface area contributed by atoms with Crippen LogP contribution in [0, 0.1) is 0 Å². The van der Waals surface area contributed by atoms with Gasteiger partial charge in [-0.25, -0.2) is 4.98 Å². The van der Waals surface area contributed by atoms with Crippen LogP contribution < -0.4 is 0 Å². The van der Waals surface area contributed by atoms with Crippen molar-refractivity contribution in [1.82, 2.24) is 9.38 Å². The third kappa shape index (κ3) is 2.14. The molecule has 92 valence electrons. The first kappa shape index (κ1) is 12.0. The monoisotopic (exact) mass is 242 g/mol. The Hall–Kier alpha value is -1.52. The van der Waals surface area contributed by atoms with Crippen molar-refractivity contribution in [3.63, 3.8) is 0 Å². The maximum absolute atomic E-state index is 12.5. The number of alkyl halides is 3. The fourth-order valence-corrected chi connectivity index (χ4v) is 1.71.